The number of aliphatic imine (C=N–C) groups is 1. The largest absolute Gasteiger partial charge is 0.491 e. The molecular formula is C18H26F4IN3O. The normalized spacial score (nSPS) is 20.6. The summed E-state index contributed by atoms with van der Waals surface area (Å²) < 4.78 is 57.2. The second kappa shape index (κ2) is 10.9. The van der Waals surface area contributed by atoms with Crippen LogP contribution >= 0.6 is 24.0 Å². The second-order valence-corrected chi connectivity index (χ2v) is 6.36. The van der Waals surface area contributed by atoms with E-state index >= 15 is 0 Å². The Labute approximate surface area is 174 Å². The molecule has 0 aromatic heterocycles. The van der Waals surface area contributed by atoms with E-state index < -0.39 is 17.9 Å². The van der Waals surface area contributed by atoms with Gasteiger partial charge in [0.1, 0.15) is 0 Å². The molecule has 1 fully saturated rings. The van der Waals surface area contributed by atoms with Gasteiger partial charge in [-0.1, -0.05) is 6.07 Å². The summed E-state index contributed by atoms with van der Waals surface area (Å²) in [5.41, 5.74) is 0.717. The molecule has 0 amide bonds. The minimum atomic E-state index is -4.11. The van der Waals surface area contributed by atoms with E-state index in [0.29, 0.717) is 32.0 Å². The van der Waals surface area contributed by atoms with Crippen LogP contribution in [0.15, 0.2) is 23.2 Å². The minimum absolute atomic E-state index is 0. The van der Waals surface area contributed by atoms with Crippen molar-refractivity contribution in [2.75, 3.05) is 13.7 Å². The zero-order chi connectivity index (χ0) is 19.2. The SMILES string of the molecule is CCOc1ccc(CNC(=NC)NC2CCC(C(F)(F)F)CC2)cc1F.I. The van der Waals surface area contributed by atoms with Gasteiger partial charge < -0.3 is 15.4 Å². The van der Waals surface area contributed by atoms with Gasteiger partial charge in [0.25, 0.3) is 0 Å². The zero-order valence-electron chi connectivity index (χ0n) is 15.4. The van der Waals surface area contributed by atoms with E-state index in [-0.39, 0.29) is 48.6 Å². The molecule has 0 unspecified atom stereocenters. The summed E-state index contributed by atoms with van der Waals surface area (Å²) in [6, 6.07) is 4.67. The molecular weight excluding hydrogens is 477 g/mol. The fourth-order valence-corrected chi connectivity index (χ4v) is 3.07. The van der Waals surface area contributed by atoms with Gasteiger partial charge in [-0.25, -0.2) is 4.39 Å². The number of nitrogens with one attached hydrogen (secondary N) is 2. The fourth-order valence-electron chi connectivity index (χ4n) is 3.07. The molecule has 1 aliphatic rings. The van der Waals surface area contributed by atoms with Crippen LogP contribution in [0.4, 0.5) is 17.6 Å². The summed E-state index contributed by atoms with van der Waals surface area (Å²) in [6.45, 7) is 2.52. The van der Waals surface area contributed by atoms with Crippen LogP contribution in [0.3, 0.4) is 0 Å². The van der Waals surface area contributed by atoms with Crippen LogP contribution in [0.25, 0.3) is 0 Å². The van der Waals surface area contributed by atoms with E-state index in [1.54, 1.807) is 26.1 Å². The Hall–Kier alpha value is -1.26. The number of hydrogen-bond acceptors (Lipinski definition) is 2. The molecule has 0 heterocycles. The molecule has 0 radical (unpaired) electrons. The van der Waals surface area contributed by atoms with Crippen molar-refractivity contribution in [1.29, 1.82) is 0 Å². The summed E-state index contributed by atoms with van der Waals surface area (Å²) in [6.07, 6.45) is -2.96. The highest BCUT2D eigenvalue weighted by atomic mass is 127. The third kappa shape index (κ3) is 7.34. The highest BCUT2D eigenvalue weighted by Gasteiger charge is 2.41. The van der Waals surface area contributed by atoms with Gasteiger partial charge in [-0.2, -0.15) is 13.2 Å². The fraction of sp³-hybridized carbons (Fsp3) is 0.611. The highest BCUT2D eigenvalue weighted by molar-refractivity contribution is 14.0. The molecule has 1 saturated carbocycles. The lowest BCUT2D eigenvalue weighted by atomic mass is 9.85. The maximum Gasteiger partial charge on any atom is 0.391 e. The molecule has 0 spiro atoms. The number of hydrogen-bond donors (Lipinski definition) is 2. The molecule has 0 aliphatic heterocycles. The summed E-state index contributed by atoms with van der Waals surface area (Å²) in [5, 5.41) is 6.21. The minimum Gasteiger partial charge on any atom is -0.491 e. The van der Waals surface area contributed by atoms with E-state index in [0.717, 1.165) is 5.56 Å². The Balaban J connectivity index is 0.00000364. The summed E-state index contributed by atoms with van der Waals surface area (Å²) >= 11 is 0. The first kappa shape index (κ1) is 23.8. The highest BCUT2D eigenvalue weighted by Crippen LogP contribution is 2.37. The van der Waals surface area contributed by atoms with Crippen LogP contribution in [0.1, 0.15) is 38.2 Å². The molecule has 2 rings (SSSR count). The Morgan fingerprint density at radius 2 is 1.89 bits per heavy atom. The first-order valence-electron chi connectivity index (χ1n) is 8.78. The van der Waals surface area contributed by atoms with E-state index in [9.17, 15) is 17.6 Å². The molecule has 27 heavy (non-hydrogen) atoms. The molecule has 0 bridgehead atoms. The third-order valence-corrected chi connectivity index (χ3v) is 4.51. The van der Waals surface area contributed by atoms with Crippen molar-refractivity contribution in [3.05, 3.63) is 29.6 Å². The average Bonchev–Trinajstić information content (AvgIpc) is 2.60. The average molecular weight is 503 g/mol. The van der Waals surface area contributed by atoms with Gasteiger partial charge in [0.05, 0.1) is 12.5 Å². The van der Waals surface area contributed by atoms with Gasteiger partial charge in [0, 0.05) is 19.6 Å². The lowest BCUT2D eigenvalue weighted by Gasteiger charge is -2.31. The molecule has 0 saturated heterocycles. The van der Waals surface area contributed by atoms with Crippen LogP contribution in [0.5, 0.6) is 5.75 Å². The second-order valence-electron chi connectivity index (χ2n) is 6.36. The molecule has 9 heteroatoms. The molecule has 4 nitrogen and oxygen atoms in total. The van der Waals surface area contributed by atoms with E-state index in [4.69, 9.17) is 4.74 Å². The Bertz CT molecular complexity index is 617. The number of rotatable bonds is 5. The lowest BCUT2D eigenvalue weighted by molar-refractivity contribution is -0.182. The van der Waals surface area contributed by atoms with Gasteiger partial charge in [0.2, 0.25) is 0 Å². The van der Waals surface area contributed by atoms with Crippen molar-refractivity contribution in [3.8, 4) is 5.75 Å². The maximum absolute atomic E-state index is 13.9. The maximum atomic E-state index is 13.9. The first-order chi connectivity index (χ1) is 12.3. The number of halogens is 5. The predicted molar refractivity (Wildman–Crippen MR) is 108 cm³/mol. The van der Waals surface area contributed by atoms with Gasteiger partial charge in [0.15, 0.2) is 17.5 Å². The summed E-state index contributed by atoms with van der Waals surface area (Å²) in [4.78, 5) is 4.09. The van der Waals surface area contributed by atoms with E-state index in [1.165, 1.54) is 6.07 Å². The summed E-state index contributed by atoms with van der Waals surface area (Å²) in [7, 11) is 1.59. The molecule has 1 aromatic rings. The van der Waals surface area contributed by atoms with Crippen molar-refractivity contribution < 1.29 is 22.3 Å². The summed E-state index contributed by atoms with van der Waals surface area (Å²) in [5.74, 6) is -0.933. The van der Waals surface area contributed by atoms with Crippen LogP contribution in [0, 0.1) is 11.7 Å². The number of ether oxygens (including phenoxy) is 1. The molecule has 1 aliphatic carbocycles. The standard InChI is InChI=1S/C18H25F4N3O.HI/c1-3-26-16-9-4-12(10-15(16)19)11-24-17(23-2)25-14-7-5-13(6-8-14)18(20,21)22;/h4,9-10,13-14H,3,5-8,11H2,1-2H3,(H2,23,24,25);1H. The Kier molecular flexibility index (Phi) is 9.61. The van der Waals surface area contributed by atoms with Crippen LogP contribution in [0.2, 0.25) is 0 Å². The Morgan fingerprint density at radius 1 is 1.22 bits per heavy atom. The van der Waals surface area contributed by atoms with Gasteiger partial charge in [-0.3, -0.25) is 4.99 Å². The number of nitrogens with zero attached hydrogens (tertiary/aromatic N) is 1. The number of guanidine groups is 1. The van der Waals surface area contributed by atoms with E-state index in [1.807, 2.05) is 0 Å². The van der Waals surface area contributed by atoms with Crippen LogP contribution < -0.4 is 15.4 Å². The smallest absolute Gasteiger partial charge is 0.391 e. The number of alkyl halides is 3. The van der Waals surface area contributed by atoms with Crippen LogP contribution in [-0.4, -0.2) is 31.8 Å². The van der Waals surface area contributed by atoms with Crippen molar-refractivity contribution in [1.82, 2.24) is 10.6 Å². The number of benzene rings is 1. The van der Waals surface area contributed by atoms with Gasteiger partial charge in [-0.15, -0.1) is 24.0 Å². The van der Waals surface area contributed by atoms with Crippen molar-refractivity contribution in [2.24, 2.45) is 10.9 Å². The van der Waals surface area contributed by atoms with Gasteiger partial charge in [-0.05, 0) is 50.3 Å². The van der Waals surface area contributed by atoms with Crippen molar-refractivity contribution >= 4 is 29.9 Å². The quantitative estimate of drug-likeness (QED) is 0.267. The predicted octanol–water partition coefficient (Wildman–Crippen LogP) is 4.63. The topological polar surface area (TPSA) is 45.6 Å². The van der Waals surface area contributed by atoms with Crippen molar-refractivity contribution in [2.45, 2.75) is 51.4 Å². The zero-order valence-corrected chi connectivity index (χ0v) is 17.7. The molecule has 154 valence electrons. The molecule has 1 aromatic carbocycles. The lowest BCUT2D eigenvalue weighted by Crippen LogP contribution is -2.45. The molecule has 2 N–H and O–H groups in total. The Morgan fingerprint density at radius 3 is 2.41 bits per heavy atom. The monoisotopic (exact) mass is 503 g/mol. The van der Waals surface area contributed by atoms with Crippen LogP contribution in [-0.2, 0) is 6.54 Å². The van der Waals surface area contributed by atoms with E-state index in [2.05, 4.69) is 15.6 Å². The molecule has 0 atom stereocenters. The first-order valence-corrected chi connectivity index (χ1v) is 8.78. The van der Waals surface area contributed by atoms with Crippen molar-refractivity contribution in [3.63, 3.8) is 0 Å². The third-order valence-electron chi connectivity index (χ3n) is 4.51. The van der Waals surface area contributed by atoms with Gasteiger partial charge >= 0.3 is 6.18 Å².